The van der Waals surface area contributed by atoms with Crippen LogP contribution in [0.5, 0.6) is 11.5 Å². The van der Waals surface area contributed by atoms with E-state index >= 15 is 0 Å². The van der Waals surface area contributed by atoms with E-state index in [1.54, 1.807) is 7.11 Å². The Balaban J connectivity index is 1.97. The molecule has 106 valence electrons. The fourth-order valence-corrected chi connectivity index (χ4v) is 2.07. The number of anilines is 1. The number of rotatable bonds is 6. The minimum atomic E-state index is 0.609. The molecule has 0 heterocycles. The van der Waals surface area contributed by atoms with E-state index in [1.165, 1.54) is 5.56 Å². The summed E-state index contributed by atoms with van der Waals surface area (Å²) in [7, 11) is 1.66. The summed E-state index contributed by atoms with van der Waals surface area (Å²) in [5, 5.41) is 3.94. The van der Waals surface area contributed by atoms with Gasteiger partial charge in [0.05, 0.1) is 18.7 Å². The molecule has 1 N–H and O–H groups in total. The second-order valence-electron chi connectivity index (χ2n) is 4.28. The molecule has 0 radical (unpaired) electrons. The van der Waals surface area contributed by atoms with Gasteiger partial charge >= 0.3 is 0 Å². The third kappa shape index (κ3) is 3.81. The molecule has 0 amide bonds. The first-order valence-electron chi connectivity index (χ1n) is 6.52. The molecular weight excluding hydrogens is 274 g/mol. The monoisotopic (exact) mass is 291 g/mol. The van der Waals surface area contributed by atoms with Gasteiger partial charge in [-0.25, -0.2) is 0 Å². The van der Waals surface area contributed by atoms with E-state index in [0.717, 1.165) is 18.0 Å². The van der Waals surface area contributed by atoms with Gasteiger partial charge < -0.3 is 14.8 Å². The average Bonchev–Trinajstić information content (AvgIpc) is 2.48. The first-order valence-corrected chi connectivity index (χ1v) is 6.90. The van der Waals surface area contributed by atoms with Crippen LogP contribution >= 0.6 is 11.6 Å². The van der Waals surface area contributed by atoms with Gasteiger partial charge in [0.25, 0.3) is 0 Å². The van der Waals surface area contributed by atoms with Crippen molar-refractivity contribution in [1.29, 1.82) is 0 Å². The summed E-state index contributed by atoms with van der Waals surface area (Å²) < 4.78 is 10.5. The van der Waals surface area contributed by atoms with Gasteiger partial charge in [0.15, 0.2) is 0 Å². The van der Waals surface area contributed by atoms with Gasteiger partial charge in [-0.1, -0.05) is 23.7 Å². The van der Waals surface area contributed by atoms with Crippen molar-refractivity contribution in [2.45, 2.75) is 13.5 Å². The van der Waals surface area contributed by atoms with Crippen LogP contribution in [-0.4, -0.2) is 13.7 Å². The normalized spacial score (nSPS) is 10.2. The third-order valence-electron chi connectivity index (χ3n) is 2.89. The molecule has 0 aliphatic rings. The molecule has 0 fully saturated rings. The zero-order chi connectivity index (χ0) is 14.4. The summed E-state index contributed by atoms with van der Waals surface area (Å²) in [4.78, 5) is 0. The van der Waals surface area contributed by atoms with E-state index in [9.17, 15) is 0 Å². The van der Waals surface area contributed by atoms with Crippen LogP contribution in [-0.2, 0) is 6.54 Å². The van der Waals surface area contributed by atoms with Crippen LogP contribution in [0, 0.1) is 0 Å². The predicted octanol–water partition coefficient (Wildman–Crippen LogP) is 4.36. The zero-order valence-electron chi connectivity index (χ0n) is 11.7. The zero-order valence-corrected chi connectivity index (χ0v) is 12.4. The second-order valence-corrected chi connectivity index (χ2v) is 4.69. The Morgan fingerprint density at radius 1 is 1.10 bits per heavy atom. The summed E-state index contributed by atoms with van der Waals surface area (Å²) >= 11 is 6.15. The molecule has 0 bridgehead atoms. The highest BCUT2D eigenvalue weighted by Gasteiger charge is 2.02. The Morgan fingerprint density at radius 2 is 1.85 bits per heavy atom. The molecule has 0 aliphatic carbocycles. The van der Waals surface area contributed by atoms with Crippen molar-refractivity contribution in [2.24, 2.45) is 0 Å². The number of methoxy groups -OCH3 is 1. The van der Waals surface area contributed by atoms with Gasteiger partial charge in [0.1, 0.15) is 11.5 Å². The molecule has 4 heteroatoms. The molecular formula is C16H18ClNO2. The topological polar surface area (TPSA) is 30.5 Å². The standard InChI is InChI=1S/C16H18ClNO2/c1-3-20-16-9-6-13(10-15(16)17)18-11-12-4-7-14(19-2)8-5-12/h4-10,18H,3,11H2,1-2H3. The molecule has 20 heavy (non-hydrogen) atoms. The minimum Gasteiger partial charge on any atom is -0.497 e. The molecule has 0 spiro atoms. The van der Waals surface area contributed by atoms with E-state index < -0.39 is 0 Å². The number of hydrogen-bond donors (Lipinski definition) is 1. The Hall–Kier alpha value is -1.87. The SMILES string of the molecule is CCOc1ccc(NCc2ccc(OC)cc2)cc1Cl. The van der Waals surface area contributed by atoms with Crippen LogP contribution < -0.4 is 14.8 Å². The van der Waals surface area contributed by atoms with Crippen LogP contribution in [0.15, 0.2) is 42.5 Å². The molecule has 2 rings (SSSR count). The fraction of sp³-hybridized carbons (Fsp3) is 0.250. The smallest absolute Gasteiger partial charge is 0.138 e. The number of hydrogen-bond acceptors (Lipinski definition) is 3. The summed E-state index contributed by atoms with van der Waals surface area (Å²) in [6, 6.07) is 13.7. The van der Waals surface area contributed by atoms with Gasteiger partial charge in [0.2, 0.25) is 0 Å². The second kappa shape index (κ2) is 7.06. The van der Waals surface area contributed by atoms with E-state index in [0.29, 0.717) is 17.4 Å². The maximum atomic E-state index is 6.15. The fourth-order valence-electron chi connectivity index (χ4n) is 1.83. The highest BCUT2D eigenvalue weighted by atomic mass is 35.5. The summed E-state index contributed by atoms with van der Waals surface area (Å²) in [6.07, 6.45) is 0. The maximum absolute atomic E-state index is 6.15. The van der Waals surface area contributed by atoms with E-state index in [4.69, 9.17) is 21.1 Å². The first-order chi connectivity index (χ1) is 9.72. The Bertz CT molecular complexity index is 555. The molecule has 0 unspecified atom stereocenters. The van der Waals surface area contributed by atoms with Crippen LogP contribution in [0.25, 0.3) is 0 Å². The van der Waals surface area contributed by atoms with Crippen molar-refractivity contribution < 1.29 is 9.47 Å². The lowest BCUT2D eigenvalue weighted by atomic mass is 10.2. The van der Waals surface area contributed by atoms with Crippen molar-refractivity contribution in [3.63, 3.8) is 0 Å². The Kier molecular flexibility index (Phi) is 5.13. The third-order valence-corrected chi connectivity index (χ3v) is 3.18. The molecule has 0 saturated heterocycles. The van der Waals surface area contributed by atoms with Gasteiger partial charge in [-0.3, -0.25) is 0 Å². The molecule has 0 saturated carbocycles. The molecule has 2 aromatic carbocycles. The Morgan fingerprint density at radius 3 is 2.45 bits per heavy atom. The minimum absolute atomic E-state index is 0.609. The highest BCUT2D eigenvalue weighted by molar-refractivity contribution is 6.32. The van der Waals surface area contributed by atoms with E-state index in [1.807, 2.05) is 49.4 Å². The van der Waals surface area contributed by atoms with E-state index in [-0.39, 0.29) is 0 Å². The van der Waals surface area contributed by atoms with Gasteiger partial charge in [-0.2, -0.15) is 0 Å². The number of halogens is 1. The van der Waals surface area contributed by atoms with Crippen molar-refractivity contribution in [2.75, 3.05) is 19.0 Å². The van der Waals surface area contributed by atoms with E-state index in [2.05, 4.69) is 5.32 Å². The lowest BCUT2D eigenvalue weighted by Crippen LogP contribution is -2.00. The molecule has 0 aromatic heterocycles. The van der Waals surface area contributed by atoms with Gasteiger partial charge in [-0.15, -0.1) is 0 Å². The average molecular weight is 292 g/mol. The largest absolute Gasteiger partial charge is 0.497 e. The quantitative estimate of drug-likeness (QED) is 0.858. The van der Waals surface area contributed by atoms with Crippen LogP contribution in [0.4, 0.5) is 5.69 Å². The molecule has 3 nitrogen and oxygen atoms in total. The van der Waals surface area contributed by atoms with Crippen LogP contribution in [0.3, 0.4) is 0 Å². The lowest BCUT2D eigenvalue weighted by Gasteiger charge is -2.10. The first kappa shape index (κ1) is 14.5. The van der Waals surface area contributed by atoms with Crippen LogP contribution in [0.2, 0.25) is 5.02 Å². The van der Waals surface area contributed by atoms with Crippen molar-refractivity contribution in [3.05, 3.63) is 53.1 Å². The Labute approximate surface area is 124 Å². The van der Waals surface area contributed by atoms with Gasteiger partial charge in [-0.05, 0) is 42.8 Å². The van der Waals surface area contributed by atoms with Crippen molar-refractivity contribution >= 4 is 17.3 Å². The lowest BCUT2D eigenvalue weighted by molar-refractivity contribution is 0.340. The van der Waals surface area contributed by atoms with Crippen molar-refractivity contribution in [1.82, 2.24) is 0 Å². The summed E-state index contributed by atoms with van der Waals surface area (Å²) in [5.74, 6) is 1.57. The summed E-state index contributed by atoms with van der Waals surface area (Å²) in [6.45, 7) is 3.28. The number of nitrogens with one attached hydrogen (secondary N) is 1. The molecule has 2 aromatic rings. The maximum Gasteiger partial charge on any atom is 0.138 e. The number of benzene rings is 2. The highest BCUT2D eigenvalue weighted by Crippen LogP contribution is 2.27. The van der Waals surface area contributed by atoms with Crippen molar-refractivity contribution in [3.8, 4) is 11.5 Å². The van der Waals surface area contributed by atoms with Gasteiger partial charge in [0, 0.05) is 12.2 Å². The summed E-state index contributed by atoms with van der Waals surface area (Å²) in [5.41, 5.74) is 2.14. The number of ether oxygens (including phenoxy) is 2. The molecule has 0 aliphatic heterocycles. The molecule has 0 atom stereocenters. The van der Waals surface area contributed by atoms with Crippen LogP contribution in [0.1, 0.15) is 12.5 Å². The predicted molar refractivity (Wildman–Crippen MR) is 82.9 cm³/mol.